The number of hydrogen-bond acceptors (Lipinski definition) is 9. The number of nitrogens with zero attached hydrogens (tertiary/aromatic N) is 3. The molecule has 12 nitrogen and oxygen atoms in total. The first-order chi connectivity index (χ1) is 20.1. The largest absolute Gasteiger partial charge is 0.497 e. The van der Waals surface area contributed by atoms with Crippen LogP contribution in [0.2, 0.25) is 0 Å². The number of rotatable bonds is 8. The van der Waals surface area contributed by atoms with Crippen LogP contribution in [-0.4, -0.2) is 73.8 Å². The van der Waals surface area contributed by atoms with E-state index in [2.05, 4.69) is 25.8 Å². The van der Waals surface area contributed by atoms with Gasteiger partial charge >= 0.3 is 0 Å². The molecule has 4 aromatic rings. The normalized spacial score (nSPS) is 22.1. The average molecular weight is 591 g/mol. The van der Waals surface area contributed by atoms with Crippen molar-refractivity contribution in [3.05, 3.63) is 59.8 Å². The Morgan fingerprint density at radius 1 is 1.10 bits per heavy atom. The van der Waals surface area contributed by atoms with E-state index in [1.807, 2.05) is 43.3 Å². The van der Waals surface area contributed by atoms with E-state index in [1.165, 1.54) is 23.7 Å². The van der Waals surface area contributed by atoms with Crippen LogP contribution in [0.25, 0.3) is 10.9 Å². The minimum atomic E-state index is -3.82. The second-order valence-corrected chi connectivity index (χ2v) is 13.2. The predicted octanol–water partition coefficient (Wildman–Crippen LogP) is 3.51. The molecule has 0 bridgehead atoms. The number of fused-ring (bicyclic) bond motifs is 3. The van der Waals surface area contributed by atoms with Crippen LogP contribution in [0.1, 0.15) is 30.4 Å². The predicted molar refractivity (Wildman–Crippen MR) is 155 cm³/mol. The first-order valence-electron chi connectivity index (χ1n) is 13.5. The number of carbonyl (C=O) groups excluding carboxylic acids is 1. The number of carbonyl (C=O) groups is 1. The van der Waals surface area contributed by atoms with Crippen LogP contribution in [0.5, 0.6) is 11.5 Å². The van der Waals surface area contributed by atoms with Gasteiger partial charge in [0.05, 0.1) is 43.9 Å². The highest BCUT2D eigenvalue weighted by Crippen LogP contribution is 2.65. The van der Waals surface area contributed by atoms with Crippen LogP contribution >= 0.6 is 0 Å². The molecule has 218 valence electrons. The van der Waals surface area contributed by atoms with Crippen molar-refractivity contribution in [2.75, 3.05) is 45.1 Å². The van der Waals surface area contributed by atoms with E-state index in [4.69, 9.17) is 14.2 Å². The third-order valence-electron chi connectivity index (χ3n) is 8.84. The van der Waals surface area contributed by atoms with Gasteiger partial charge in [-0.3, -0.25) is 9.89 Å². The summed E-state index contributed by atoms with van der Waals surface area (Å²) < 4.78 is 44.0. The quantitative estimate of drug-likeness (QED) is 0.280. The molecule has 0 unspecified atom stereocenters. The highest BCUT2D eigenvalue weighted by atomic mass is 32.2. The van der Waals surface area contributed by atoms with Gasteiger partial charge in [-0.05, 0) is 54.8 Å². The van der Waals surface area contributed by atoms with Crippen LogP contribution < -0.4 is 20.1 Å². The van der Waals surface area contributed by atoms with E-state index >= 15 is 0 Å². The van der Waals surface area contributed by atoms with Crippen molar-refractivity contribution in [3.8, 4) is 11.5 Å². The van der Waals surface area contributed by atoms with Gasteiger partial charge in [0.1, 0.15) is 10.6 Å². The first-order valence-corrected chi connectivity index (χ1v) is 14.9. The van der Waals surface area contributed by atoms with E-state index in [0.717, 1.165) is 33.5 Å². The van der Waals surface area contributed by atoms with E-state index in [1.54, 1.807) is 14.2 Å². The van der Waals surface area contributed by atoms with Gasteiger partial charge in [-0.25, -0.2) is 13.4 Å². The van der Waals surface area contributed by atoms with Crippen LogP contribution in [0.15, 0.2) is 53.6 Å². The zero-order valence-electron chi connectivity index (χ0n) is 23.5. The van der Waals surface area contributed by atoms with E-state index in [9.17, 15) is 13.2 Å². The number of anilines is 3. The number of likely N-dealkylation sites (N-methyl/N-ethyl adjacent to an activating group) is 1. The molecule has 1 aliphatic carbocycles. The number of aromatic nitrogens is 3. The van der Waals surface area contributed by atoms with Gasteiger partial charge in [-0.1, -0.05) is 6.07 Å². The summed E-state index contributed by atoms with van der Waals surface area (Å²) in [6.07, 6.45) is 2.01. The monoisotopic (exact) mass is 590 g/mol. The molecule has 1 saturated carbocycles. The molecule has 2 fully saturated rings. The number of amides is 1. The molecule has 42 heavy (non-hydrogen) atoms. The second kappa shape index (κ2) is 9.15. The molecule has 13 heteroatoms. The maximum absolute atomic E-state index is 13.3. The minimum Gasteiger partial charge on any atom is -0.497 e. The number of H-pyrrole nitrogens is 1. The third-order valence-corrected chi connectivity index (χ3v) is 10.8. The molecule has 2 aliphatic heterocycles. The number of sulfonamides is 1. The third kappa shape index (κ3) is 3.80. The highest BCUT2D eigenvalue weighted by molar-refractivity contribution is 7.89. The Bertz CT molecular complexity index is 1870. The van der Waals surface area contributed by atoms with Gasteiger partial charge in [0.2, 0.25) is 15.9 Å². The zero-order chi connectivity index (χ0) is 29.4. The SMILES string of the molecule is COc1ccc2c(c1)[C@]1(C[C@H]1c1ccc3c(Nc4ncc(S(=O)(=O)N(C)C5(C)COC5)cc4OC)n[nH]c3c1)C(=O)N2. The Balaban J connectivity index is 1.15. The fourth-order valence-corrected chi connectivity index (χ4v) is 7.45. The maximum atomic E-state index is 13.3. The van der Waals surface area contributed by atoms with Crippen molar-refractivity contribution in [2.24, 2.45) is 0 Å². The zero-order valence-corrected chi connectivity index (χ0v) is 24.3. The van der Waals surface area contributed by atoms with Gasteiger partial charge in [0.25, 0.3) is 0 Å². The Hall–Kier alpha value is -4.20. The summed E-state index contributed by atoms with van der Waals surface area (Å²) >= 11 is 0. The lowest BCUT2D eigenvalue weighted by Crippen LogP contribution is -2.60. The second-order valence-electron chi connectivity index (χ2n) is 11.3. The molecule has 4 heterocycles. The lowest BCUT2D eigenvalue weighted by Gasteiger charge is -2.44. The van der Waals surface area contributed by atoms with Crippen molar-refractivity contribution in [1.29, 1.82) is 0 Å². The molecule has 2 aromatic heterocycles. The molecule has 3 aliphatic rings. The van der Waals surface area contributed by atoms with Crippen molar-refractivity contribution < 1.29 is 27.4 Å². The summed E-state index contributed by atoms with van der Waals surface area (Å²) in [5.41, 5.74) is 2.41. The lowest BCUT2D eigenvalue weighted by atomic mass is 9.91. The van der Waals surface area contributed by atoms with Gasteiger partial charge in [-0.15, -0.1) is 0 Å². The number of benzene rings is 2. The standard InChI is InChI=1S/C29H30N6O6S/c1-28(14-41-15-28)35(2)42(37,38)18-11-24(40-4)26(30-13-18)32-25-19-7-5-16(9-23(19)33-34-25)21-12-29(21)20-10-17(39-3)6-8-22(20)31-27(29)36/h5-11,13,21H,12,14-15H2,1-4H3,(H,31,36)(H2,30,32,33,34)/t21-,29-/m0/s1. The van der Waals surface area contributed by atoms with Crippen LogP contribution in [0, 0.1) is 0 Å². The van der Waals surface area contributed by atoms with Crippen molar-refractivity contribution in [2.45, 2.75) is 35.1 Å². The molecule has 2 atom stereocenters. The van der Waals surface area contributed by atoms with E-state index in [0.29, 0.717) is 31.3 Å². The summed E-state index contributed by atoms with van der Waals surface area (Å²) in [7, 11) is 0.793. The minimum absolute atomic E-state index is 0.00719. The molecule has 3 N–H and O–H groups in total. The summed E-state index contributed by atoms with van der Waals surface area (Å²) in [4.78, 5) is 17.5. The highest BCUT2D eigenvalue weighted by Gasteiger charge is 2.65. The molecule has 7 rings (SSSR count). The number of nitrogens with one attached hydrogen (secondary N) is 3. The average Bonchev–Trinajstić information content (AvgIpc) is 3.53. The molecule has 2 aromatic carbocycles. The fourth-order valence-electron chi connectivity index (χ4n) is 6.00. The van der Waals surface area contributed by atoms with Crippen molar-refractivity contribution in [3.63, 3.8) is 0 Å². The van der Waals surface area contributed by atoms with Gasteiger partial charge in [0, 0.05) is 36.3 Å². The van der Waals surface area contributed by atoms with E-state index in [-0.39, 0.29) is 22.5 Å². The molecule has 1 amide bonds. The summed E-state index contributed by atoms with van der Waals surface area (Å²) in [5, 5.41) is 14.5. The number of pyridine rings is 1. The number of ether oxygens (including phenoxy) is 3. The lowest BCUT2D eigenvalue weighted by molar-refractivity contribution is -0.118. The molecular weight excluding hydrogens is 560 g/mol. The summed E-state index contributed by atoms with van der Waals surface area (Å²) in [6.45, 7) is 2.50. The van der Waals surface area contributed by atoms with Crippen LogP contribution in [-0.2, 0) is 25.0 Å². The van der Waals surface area contributed by atoms with Gasteiger partial charge in [-0.2, -0.15) is 9.40 Å². The molecular formula is C29H30N6O6S. The molecule has 0 radical (unpaired) electrons. The molecule has 1 saturated heterocycles. The smallest absolute Gasteiger partial charge is 0.245 e. The fraction of sp³-hybridized carbons (Fsp3) is 0.345. The number of aromatic amines is 1. The topological polar surface area (TPSA) is 148 Å². The number of hydrogen-bond donors (Lipinski definition) is 3. The van der Waals surface area contributed by atoms with Crippen molar-refractivity contribution >= 4 is 44.2 Å². The Morgan fingerprint density at radius 2 is 1.90 bits per heavy atom. The van der Waals surface area contributed by atoms with Gasteiger partial charge in [0.15, 0.2) is 17.4 Å². The van der Waals surface area contributed by atoms with Crippen molar-refractivity contribution in [1.82, 2.24) is 19.5 Å². The first kappa shape index (κ1) is 26.7. The summed E-state index contributed by atoms with van der Waals surface area (Å²) in [6, 6.07) is 13.1. The van der Waals surface area contributed by atoms with Gasteiger partial charge < -0.3 is 24.8 Å². The Labute approximate surface area is 242 Å². The Morgan fingerprint density at radius 3 is 2.62 bits per heavy atom. The number of methoxy groups -OCH3 is 2. The van der Waals surface area contributed by atoms with Crippen LogP contribution in [0.4, 0.5) is 17.3 Å². The molecule has 1 spiro atoms. The maximum Gasteiger partial charge on any atom is 0.245 e. The summed E-state index contributed by atoms with van der Waals surface area (Å²) in [5.74, 6) is 1.84. The Kier molecular flexibility index (Phi) is 5.81. The van der Waals surface area contributed by atoms with E-state index < -0.39 is 21.0 Å². The van der Waals surface area contributed by atoms with Crippen LogP contribution in [0.3, 0.4) is 0 Å².